The first-order valence-corrected chi connectivity index (χ1v) is 12.3. The van der Waals surface area contributed by atoms with Crippen molar-refractivity contribution in [3.05, 3.63) is 23.8 Å². The molecular weight excluding hydrogens is 372 g/mol. The number of rotatable bonds is 4. The number of fused-ring (bicyclic) bond motifs is 5. The van der Waals surface area contributed by atoms with Crippen LogP contribution in [-0.2, 0) is 4.79 Å². The first-order valence-electron chi connectivity index (χ1n) is 12.3. The highest BCUT2D eigenvalue weighted by atomic mass is 16.3. The largest absolute Gasteiger partial charge is 0.393 e. The number of carbonyl (C=O) groups excluding carboxylic acids is 1. The second-order valence-corrected chi connectivity index (χ2v) is 12.1. The molecule has 0 unspecified atom stereocenters. The first kappa shape index (κ1) is 22.3. The molecule has 3 saturated carbocycles. The Hall–Kier alpha value is -0.930. The van der Waals surface area contributed by atoms with Crippen LogP contribution in [0.1, 0.15) is 86.0 Å². The lowest BCUT2D eigenvalue weighted by Crippen LogP contribution is -2.53. The molecule has 0 spiro atoms. The van der Waals surface area contributed by atoms with E-state index in [1.807, 2.05) is 26.0 Å². The summed E-state index contributed by atoms with van der Waals surface area (Å²) in [6.07, 6.45) is 14.1. The average molecular weight is 415 g/mol. The maximum atomic E-state index is 13.4. The van der Waals surface area contributed by atoms with E-state index >= 15 is 0 Å². The fourth-order valence-corrected chi connectivity index (χ4v) is 8.09. The number of hydrogen-bond donors (Lipinski definition) is 2. The van der Waals surface area contributed by atoms with E-state index in [1.54, 1.807) is 0 Å². The molecule has 0 heterocycles. The van der Waals surface area contributed by atoms with Gasteiger partial charge in [-0.1, -0.05) is 38.5 Å². The summed E-state index contributed by atoms with van der Waals surface area (Å²) in [5.41, 5.74) is 0.838. The predicted molar refractivity (Wildman–Crippen MR) is 121 cm³/mol. The second kappa shape index (κ2) is 7.59. The quantitative estimate of drug-likeness (QED) is 0.601. The topological polar surface area (TPSA) is 57.5 Å². The summed E-state index contributed by atoms with van der Waals surface area (Å²) in [5, 5.41) is 20.2. The van der Waals surface area contributed by atoms with Gasteiger partial charge in [-0.2, -0.15) is 0 Å². The Balaban J connectivity index is 1.56. The van der Waals surface area contributed by atoms with E-state index in [9.17, 15) is 15.0 Å². The molecule has 0 bridgehead atoms. The predicted octanol–water partition coefficient (Wildman–Crippen LogP) is 5.46. The van der Waals surface area contributed by atoms with E-state index in [2.05, 4.69) is 26.8 Å². The summed E-state index contributed by atoms with van der Waals surface area (Å²) < 4.78 is 0. The van der Waals surface area contributed by atoms with Crippen LogP contribution in [0.4, 0.5) is 0 Å². The number of allylic oxidation sites excluding steroid dienone is 2. The SMILES string of the molecule is C[C@H](C/C=C\C(C)(C)O)[C@H]1CC[C@H]2[C@@H]3C(=O)C=C4C[C@@H](O)CC[C@]4(C)[C@H]3CC[C@]12C. The molecule has 168 valence electrons. The Labute approximate surface area is 183 Å². The van der Waals surface area contributed by atoms with Crippen molar-refractivity contribution < 1.29 is 15.0 Å². The Morgan fingerprint density at radius 3 is 2.60 bits per heavy atom. The maximum Gasteiger partial charge on any atom is 0.159 e. The number of aliphatic hydroxyl groups is 2. The highest BCUT2D eigenvalue weighted by molar-refractivity contribution is 5.94. The van der Waals surface area contributed by atoms with Crippen LogP contribution < -0.4 is 0 Å². The lowest BCUT2D eigenvalue weighted by molar-refractivity contribution is -0.135. The molecule has 4 aliphatic rings. The normalized spacial score (nSPS) is 45.0. The van der Waals surface area contributed by atoms with Gasteiger partial charge in [0, 0.05) is 5.92 Å². The van der Waals surface area contributed by atoms with Crippen molar-refractivity contribution in [2.75, 3.05) is 0 Å². The molecule has 0 aromatic rings. The van der Waals surface area contributed by atoms with Gasteiger partial charge in [-0.15, -0.1) is 0 Å². The molecule has 4 aliphatic carbocycles. The first-order chi connectivity index (χ1) is 14.0. The van der Waals surface area contributed by atoms with Crippen molar-refractivity contribution in [3.63, 3.8) is 0 Å². The monoisotopic (exact) mass is 414 g/mol. The van der Waals surface area contributed by atoms with Gasteiger partial charge in [-0.3, -0.25) is 4.79 Å². The van der Waals surface area contributed by atoms with Gasteiger partial charge < -0.3 is 10.2 Å². The van der Waals surface area contributed by atoms with Gasteiger partial charge in [0.15, 0.2) is 5.78 Å². The van der Waals surface area contributed by atoms with Crippen molar-refractivity contribution in [2.24, 2.45) is 40.4 Å². The van der Waals surface area contributed by atoms with Crippen LogP contribution in [0.2, 0.25) is 0 Å². The second-order valence-electron chi connectivity index (χ2n) is 12.1. The third kappa shape index (κ3) is 3.64. The third-order valence-corrected chi connectivity index (χ3v) is 9.71. The van der Waals surface area contributed by atoms with Gasteiger partial charge in [0.1, 0.15) is 0 Å². The third-order valence-electron chi connectivity index (χ3n) is 9.71. The Morgan fingerprint density at radius 1 is 1.17 bits per heavy atom. The van der Waals surface area contributed by atoms with E-state index in [0.717, 1.165) is 25.7 Å². The molecule has 0 saturated heterocycles. The minimum atomic E-state index is -0.749. The molecule has 0 amide bonds. The molecule has 30 heavy (non-hydrogen) atoms. The summed E-state index contributed by atoms with van der Waals surface area (Å²) in [5.74, 6) is 2.70. The molecule has 2 N–H and O–H groups in total. The molecule has 0 aromatic heterocycles. The van der Waals surface area contributed by atoms with Gasteiger partial charge in [0.2, 0.25) is 0 Å². The van der Waals surface area contributed by atoms with Gasteiger partial charge in [0.05, 0.1) is 11.7 Å². The fourth-order valence-electron chi connectivity index (χ4n) is 8.09. The summed E-state index contributed by atoms with van der Waals surface area (Å²) in [7, 11) is 0. The van der Waals surface area contributed by atoms with Gasteiger partial charge in [0.25, 0.3) is 0 Å². The smallest absolute Gasteiger partial charge is 0.159 e. The Kier molecular flexibility index (Phi) is 5.63. The highest BCUT2D eigenvalue weighted by Gasteiger charge is 2.61. The Bertz CT molecular complexity index is 744. The van der Waals surface area contributed by atoms with Crippen molar-refractivity contribution >= 4 is 5.78 Å². The molecule has 0 radical (unpaired) electrons. The lowest BCUT2D eigenvalue weighted by atomic mass is 9.46. The van der Waals surface area contributed by atoms with Gasteiger partial charge in [-0.25, -0.2) is 0 Å². The van der Waals surface area contributed by atoms with E-state index in [0.29, 0.717) is 35.9 Å². The summed E-state index contributed by atoms with van der Waals surface area (Å²) in [6, 6.07) is 0. The van der Waals surface area contributed by atoms with Gasteiger partial charge >= 0.3 is 0 Å². The summed E-state index contributed by atoms with van der Waals surface area (Å²) in [4.78, 5) is 13.4. The standard InChI is InChI=1S/C27H42O3/c1-17(7-6-12-25(2,3)30)20-8-9-21-24-22(11-14-27(20,21)5)26(4)13-10-19(28)15-18(26)16-23(24)29/h6,12,16-17,19-22,24,28,30H,7-11,13-15H2,1-5H3/b12-6-/t17-,19+,20-,21+,22+,24+,26+,27-/m1/s1. The van der Waals surface area contributed by atoms with Crippen LogP contribution in [0, 0.1) is 40.4 Å². The van der Waals surface area contributed by atoms with Crippen LogP contribution in [0.3, 0.4) is 0 Å². The Morgan fingerprint density at radius 2 is 1.90 bits per heavy atom. The van der Waals surface area contributed by atoms with E-state index in [-0.39, 0.29) is 22.9 Å². The van der Waals surface area contributed by atoms with Crippen molar-refractivity contribution in [3.8, 4) is 0 Å². The number of ketones is 1. The molecular formula is C27H42O3. The van der Waals surface area contributed by atoms with E-state index in [1.165, 1.54) is 24.8 Å². The zero-order chi connectivity index (χ0) is 21.9. The highest BCUT2D eigenvalue weighted by Crippen LogP contribution is 2.66. The molecule has 3 fully saturated rings. The zero-order valence-electron chi connectivity index (χ0n) is 19.7. The van der Waals surface area contributed by atoms with Crippen LogP contribution in [0.25, 0.3) is 0 Å². The van der Waals surface area contributed by atoms with E-state index < -0.39 is 5.60 Å². The van der Waals surface area contributed by atoms with E-state index in [4.69, 9.17) is 0 Å². The number of carbonyl (C=O) groups is 1. The molecule has 8 atom stereocenters. The van der Waals surface area contributed by atoms with Gasteiger partial charge in [-0.05, 0) is 106 Å². The minimum Gasteiger partial charge on any atom is -0.393 e. The van der Waals surface area contributed by atoms with Crippen LogP contribution in [0.5, 0.6) is 0 Å². The van der Waals surface area contributed by atoms with Crippen molar-refractivity contribution in [1.29, 1.82) is 0 Å². The molecule has 4 rings (SSSR count). The van der Waals surface area contributed by atoms with Crippen LogP contribution in [-0.4, -0.2) is 27.7 Å². The summed E-state index contributed by atoms with van der Waals surface area (Å²) >= 11 is 0. The zero-order valence-corrected chi connectivity index (χ0v) is 19.7. The average Bonchev–Trinajstić information content (AvgIpc) is 2.99. The minimum absolute atomic E-state index is 0.109. The lowest BCUT2D eigenvalue weighted by Gasteiger charge is -2.57. The molecule has 3 heteroatoms. The number of hydrogen-bond acceptors (Lipinski definition) is 3. The maximum absolute atomic E-state index is 13.4. The van der Waals surface area contributed by atoms with Crippen LogP contribution in [0.15, 0.2) is 23.8 Å². The molecule has 3 nitrogen and oxygen atoms in total. The van der Waals surface area contributed by atoms with Crippen LogP contribution >= 0.6 is 0 Å². The summed E-state index contributed by atoms with van der Waals surface area (Å²) in [6.45, 7) is 10.9. The van der Waals surface area contributed by atoms with Crippen molar-refractivity contribution in [1.82, 2.24) is 0 Å². The fraction of sp³-hybridized carbons (Fsp3) is 0.815. The molecule has 0 aromatic carbocycles. The van der Waals surface area contributed by atoms with Crippen molar-refractivity contribution in [2.45, 2.75) is 97.7 Å². The molecule has 0 aliphatic heterocycles. The number of aliphatic hydroxyl groups excluding tert-OH is 1.